The number of halogens is 2. The number of benzene rings is 3. The minimum atomic E-state index is -0.0857. The molecule has 28 heavy (non-hydrogen) atoms. The van der Waals surface area contributed by atoms with Crippen molar-refractivity contribution < 1.29 is 9.53 Å². The lowest BCUT2D eigenvalue weighted by Crippen LogP contribution is -2.32. The first-order chi connectivity index (χ1) is 13.5. The summed E-state index contributed by atoms with van der Waals surface area (Å²) < 4.78 is 5.83. The Kier molecular flexibility index (Phi) is 5.29. The summed E-state index contributed by atoms with van der Waals surface area (Å²) in [6.07, 6.45) is 0. The third kappa shape index (κ3) is 3.73. The maximum absolute atomic E-state index is 13.3. The fourth-order valence-electron chi connectivity index (χ4n) is 3.31. The predicted molar refractivity (Wildman–Crippen MR) is 113 cm³/mol. The van der Waals surface area contributed by atoms with Crippen molar-refractivity contribution in [2.24, 2.45) is 0 Å². The normalized spacial score (nSPS) is 13.7. The average Bonchev–Trinajstić information content (AvgIpc) is 2.84. The molecule has 0 spiro atoms. The highest BCUT2D eigenvalue weighted by Gasteiger charge is 2.25. The fraction of sp³-hybridized carbons (Fsp3) is 0.174. The summed E-state index contributed by atoms with van der Waals surface area (Å²) >= 11 is 12.6. The van der Waals surface area contributed by atoms with Gasteiger partial charge in [0.25, 0.3) is 5.91 Å². The topological polar surface area (TPSA) is 29.5 Å². The zero-order valence-electron chi connectivity index (χ0n) is 15.4. The van der Waals surface area contributed by atoms with Gasteiger partial charge in [-0.2, -0.15) is 0 Å². The molecule has 5 heteroatoms. The monoisotopic (exact) mass is 411 g/mol. The van der Waals surface area contributed by atoms with Gasteiger partial charge in [0.05, 0.1) is 12.1 Å². The highest BCUT2D eigenvalue weighted by Crippen LogP contribution is 2.31. The number of hydrogen-bond acceptors (Lipinski definition) is 2. The molecule has 4 rings (SSSR count). The van der Waals surface area contributed by atoms with Crippen LogP contribution in [-0.2, 0) is 6.54 Å². The van der Waals surface area contributed by atoms with Gasteiger partial charge >= 0.3 is 0 Å². The lowest BCUT2D eigenvalue weighted by Gasteiger charge is -2.21. The minimum absolute atomic E-state index is 0.0857. The van der Waals surface area contributed by atoms with Crippen LogP contribution in [-0.4, -0.2) is 24.0 Å². The van der Waals surface area contributed by atoms with E-state index in [1.807, 2.05) is 18.2 Å². The second-order valence-electron chi connectivity index (χ2n) is 6.85. The Hall–Kier alpha value is -2.49. The summed E-state index contributed by atoms with van der Waals surface area (Å²) in [7, 11) is 0. The van der Waals surface area contributed by atoms with E-state index in [1.165, 1.54) is 5.56 Å². The SMILES string of the molecule is Cc1ccc(-c2ccc3c(c2)C(=O)N(Cc2c(Cl)cccc2Cl)CCO3)cc1. The zero-order chi connectivity index (χ0) is 19.7. The number of ether oxygens (including phenoxy) is 1. The molecule has 0 fully saturated rings. The maximum atomic E-state index is 13.3. The predicted octanol–water partition coefficient (Wildman–Crippen LogP) is 6.00. The van der Waals surface area contributed by atoms with Crippen molar-refractivity contribution in [1.82, 2.24) is 4.90 Å². The van der Waals surface area contributed by atoms with E-state index in [9.17, 15) is 4.79 Å². The summed E-state index contributed by atoms with van der Waals surface area (Å²) in [4.78, 5) is 15.0. The molecule has 0 saturated carbocycles. The zero-order valence-corrected chi connectivity index (χ0v) is 16.9. The lowest BCUT2D eigenvalue weighted by molar-refractivity contribution is 0.0743. The van der Waals surface area contributed by atoms with Gasteiger partial charge in [-0.05, 0) is 42.3 Å². The standard InChI is InChI=1S/C23H19Cl2NO2/c1-15-5-7-16(8-6-15)17-9-10-22-18(13-17)23(27)26(11-12-28-22)14-19-20(24)3-2-4-21(19)25/h2-10,13H,11-12,14H2,1H3. The molecule has 0 aromatic heterocycles. The Labute approximate surface area is 174 Å². The van der Waals surface area contributed by atoms with E-state index in [4.69, 9.17) is 27.9 Å². The summed E-state index contributed by atoms with van der Waals surface area (Å²) in [5.41, 5.74) is 4.54. The molecule has 0 N–H and O–H groups in total. The summed E-state index contributed by atoms with van der Waals surface area (Å²) in [5.74, 6) is 0.520. The van der Waals surface area contributed by atoms with E-state index < -0.39 is 0 Å². The van der Waals surface area contributed by atoms with Crippen molar-refractivity contribution in [2.45, 2.75) is 13.5 Å². The number of fused-ring (bicyclic) bond motifs is 1. The van der Waals surface area contributed by atoms with Gasteiger partial charge in [-0.15, -0.1) is 0 Å². The van der Waals surface area contributed by atoms with Crippen LogP contribution in [0, 0.1) is 6.92 Å². The van der Waals surface area contributed by atoms with Gasteiger partial charge in [-0.1, -0.05) is 65.2 Å². The highest BCUT2D eigenvalue weighted by molar-refractivity contribution is 6.36. The largest absolute Gasteiger partial charge is 0.491 e. The molecule has 3 aromatic carbocycles. The van der Waals surface area contributed by atoms with Crippen LogP contribution in [0.1, 0.15) is 21.5 Å². The first-order valence-corrected chi connectivity index (χ1v) is 9.84. The van der Waals surface area contributed by atoms with Crippen molar-refractivity contribution in [3.8, 4) is 16.9 Å². The molecule has 1 heterocycles. The molecule has 0 atom stereocenters. The maximum Gasteiger partial charge on any atom is 0.258 e. The Morgan fingerprint density at radius 1 is 0.964 bits per heavy atom. The van der Waals surface area contributed by atoms with Crippen LogP contribution in [0.3, 0.4) is 0 Å². The third-order valence-electron chi connectivity index (χ3n) is 4.91. The molecule has 0 unspecified atom stereocenters. The fourth-order valence-corrected chi connectivity index (χ4v) is 3.83. The van der Waals surface area contributed by atoms with Crippen LogP contribution in [0.2, 0.25) is 10.0 Å². The second kappa shape index (κ2) is 7.86. The van der Waals surface area contributed by atoms with E-state index in [1.54, 1.807) is 23.1 Å². The lowest BCUT2D eigenvalue weighted by atomic mass is 10.0. The van der Waals surface area contributed by atoms with Gasteiger partial charge in [-0.3, -0.25) is 4.79 Å². The molecule has 0 bridgehead atoms. The van der Waals surface area contributed by atoms with E-state index >= 15 is 0 Å². The summed E-state index contributed by atoms with van der Waals surface area (Å²) in [5, 5.41) is 1.11. The second-order valence-corrected chi connectivity index (χ2v) is 7.67. The molecule has 3 nitrogen and oxygen atoms in total. The number of aryl methyl sites for hydroxylation is 1. The minimum Gasteiger partial charge on any atom is -0.491 e. The molecular weight excluding hydrogens is 393 g/mol. The van der Waals surface area contributed by atoms with Crippen molar-refractivity contribution in [3.05, 3.63) is 87.4 Å². The first-order valence-electron chi connectivity index (χ1n) is 9.09. The average molecular weight is 412 g/mol. The van der Waals surface area contributed by atoms with Crippen molar-refractivity contribution >= 4 is 29.1 Å². The number of rotatable bonds is 3. The van der Waals surface area contributed by atoms with E-state index in [0.29, 0.717) is 41.1 Å². The Morgan fingerprint density at radius 3 is 2.36 bits per heavy atom. The first kappa shape index (κ1) is 18.9. The van der Waals surface area contributed by atoms with Crippen molar-refractivity contribution in [1.29, 1.82) is 0 Å². The molecule has 0 aliphatic carbocycles. The van der Waals surface area contributed by atoms with E-state index in [2.05, 4.69) is 31.2 Å². The van der Waals surface area contributed by atoms with Crippen LogP contribution < -0.4 is 4.74 Å². The van der Waals surface area contributed by atoms with Gasteiger partial charge in [0.2, 0.25) is 0 Å². The van der Waals surface area contributed by atoms with Gasteiger partial charge < -0.3 is 9.64 Å². The van der Waals surface area contributed by atoms with Gasteiger partial charge in [0.1, 0.15) is 12.4 Å². The molecule has 1 aliphatic rings. The quantitative estimate of drug-likeness (QED) is 0.528. The number of amides is 1. The van der Waals surface area contributed by atoms with E-state index in [0.717, 1.165) is 16.7 Å². The number of hydrogen-bond donors (Lipinski definition) is 0. The summed E-state index contributed by atoms with van der Waals surface area (Å²) in [6, 6.07) is 19.3. The smallest absolute Gasteiger partial charge is 0.258 e. The van der Waals surface area contributed by atoms with Crippen LogP contribution in [0.5, 0.6) is 5.75 Å². The molecule has 142 valence electrons. The number of carbonyl (C=O) groups is 1. The third-order valence-corrected chi connectivity index (χ3v) is 5.62. The molecule has 1 aliphatic heterocycles. The number of carbonyl (C=O) groups excluding carboxylic acids is 1. The Morgan fingerprint density at radius 2 is 1.64 bits per heavy atom. The number of nitrogens with zero attached hydrogens (tertiary/aromatic N) is 1. The van der Waals surface area contributed by atoms with Gasteiger partial charge in [-0.25, -0.2) is 0 Å². The highest BCUT2D eigenvalue weighted by atomic mass is 35.5. The van der Waals surface area contributed by atoms with Crippen LogP contribution in [0.4, 0.5) is 0 Å². The van der Waals surface area contributed by atoms with Crippen LogP contribution in [0.25, 0.3) is 11.1 Å². The van der Waals surface area contributed by atoms with Crippen molar-refractivity contribution in [2.75, 3.05) is 13.2 Å². The molecule has 1 amide bonds. The molecule has 0 saturated heterocycles. The molecule has 0 radical (unpaired) electrons. The molecule has 3 aromatic rings. The van der Waals surface area contributed by atoms with Gasteiger partial charge in [0, 0.05) is 22.2 Å². The van der Waals surface area contributed by atoms with Crippen molar-refractivity contribution in [3.63, 3.8) is 0 Å². The Bertz CT molecular complexity index is 1010. The van der Waals surface area contributed by atoms with Crippen LogP contribution in [0.15, 0.2) is 60.7 Å². The van der Waals surface area contributed by atoms with Gasteiger partial charge in [0.15, 0.2) is 0 Å². The van der Waals surface area contributed by atoms with Crippen LogP contribution >= 0.6 is 23.2 Å². The Balaban J connectivity index is 1.68. The summed E-state index contributed by atoms with van der Waals surface area (Å²) in [6.45, 7) is 3.28. The molecular formula is C23H19Cl2NO2. The van der Waals surface area contributed by atoms with E-state index in [-0.39, 0.29) is 5.91 Å².